The van der Waals surface area contributed by atoms with Crippen LogP contribution in [0.25, 0.3) is 0 Å². The van der Waals surface area contributed by atoms with Crippen LogP contribution in [-0.4, -0.2) is 49.9 Å². The lowest BCUT2D eigenvalue weighted by atomic mass is 10.2. The number of amides is 1. The Morgan fingerprint density at radius 3 is 2.55 bits per heavy atom. The number of nitrogens with one attached hydrogen (secondary N) is 1. The van der Waals surface area contributed by atoms with Crippen LogP contribution in [0.5, 0.6) is 11.5 Å². The van der Waals surface area contributed by atoms with E-state index >= 15 is 0 Å². The molecule has 29 heavy (non-hydrogen) atoms. The quantitative estimate of drug-likeness (QED) is 0.717. The van der Waals surface area contributed by atoms with Gasteiger partial charge in [0.25, 0.3) is 5.56 Å². The minimum Gasteiger partial charge on any atom is -0.497 e. The lowest BCUT2D eigenvalue weighted by Gasteiger charge is -2.22. The number of nitrogens with zero attached hydrogens (tertiary/aromatic N) is 3. The summed E-state index contributed by atoms with van der Waals surface area (Å²) in [4.78, 5) is 32.0. The Bertz CT molecular complexity index is 922. The first kappa shape index (κ1) is 20.7. The van der Waals surface area contributed by atoms with Gasteiger partial charge >= 0.3 is 0 Å². The van der Waals surface area contributed by atoms with Crippen molar-refractivity contribution in [3.63, 3.8) is 0 Å². The van der Waals surface area contributed by atoms with Crippen molar-refractivity contribution in [3.05, 3.63) is 40.3 Å². The second-order valence-corrected chi connectivity index (χ2v) is 6.71. The normalized spacial score (nSPS) is 13.4. The Labute approximate surface area is 169 Å². The molecule has 0 spiro atoms. The van der Waals surface area contributed by atoms with E-state index in [1.807, 2.05) is 4.90 Å². The molecule has 0 unspecified atom stereocenters. The average molecular weight is 402 g/mol. The van der Waals surface area contributed by atoms with Gasteiger partial charge in [-0.1, -0.05) is 0 Å². The molecular weight excluding hydrogens is 376 g/mol. The Kier molecular flexibility index (Phi) is 6.71. The van der Waals surface area contributed by atoms with Crippen LogP contribution in [-0.2, 0) is 22.7 Å². The number of methoxy groups -OCH3 is 3. The van der Waals surface area contributed by atoms with Crippen LogP contribution in [0.3, 0.4) is 0 Å². The van der Waals surface area contributed by atoms with Crippen LogP contribution in [0.1, 0.15) is 18.5 Å². The summed E-state index contributed by atoms with van der Waals surface area (Å²) in [6.45, 7) is 1.69. The fourth-order valence-corrected chi connectivity index (χ4v) is 3.30. The fraction of sp³-hybridized carbons (Fsp3) is 0.450. The smallest absolute Gasteiger partial charge is 0.255 e. The number of aromatic nitrogens is 2. The summed E-state index contributed by atoms with van der Waals surface area (Å²) in [6, 6.07) is 6.50. The van der Waals surface area contributed by atoms with Crippen molar-refractivity contribution in [2.24, 2.45) is 0 Å². The number of rotatable bonds is 8. The predicted octanol–water partition coefficient (Wildman–Crippen LogP) is 1.65. The molecule has 9 nitrogen and oxygen atoms in total. The zero-order valence-corrected chi connectivity index (χ0v) is 16.9. The Morgan fingerprint density at radius 1 is 1.14 bits per heavy atom. The number of carbonyl (C=O) groups excluding carboxylic acids is 1. The maximum atomic E-state index is 12.7. The number of benzene rings is 1. The van der Waals surface area contributed by atoms with Gasteiger partial charge in [-0.05, 0) is 25.0 Å². The molecule has 1 fully saturated rings. The molecule has 3 rings (SSSR count). The van der Waals surface area contributed by atoms with Gasteiger partial charge in [-0.3, -0.25) is 14.2 Å². The van der Waals surface area contributed by atoms with E-state index in [9.17, 15) is 9.59 Å². The molecule has 0 radical (unpaired) electrons. The van der Waals surface area contributed by atoms with Crippen LogP contribution in [0.4, 0.5) is 11.6 Å². The maximum Gasteiger partial charge on any atom is 0.255 e. The van der Waals surface area contributed by atoms with Gasteiger partial charge in [0.1, 0.15) is 18.0 Å². The zero-order valence-electron chi connectivity index (χ0n) is 16.9. The largest absolute Gasteiger partial charge is 0.497 e. The molecule has 0 bridgehead atoms. The summed E-state index contributed by atoms with van der Waals surface area (Å²) in [5.74, 6) is 1.24. The van der Waals surface area contributed by atoms with E-state index in [0.29, 0.717) is 28.8 Å². The molecule has 1 saturated heterocycles. The first-order valence-corrected chi connectivity index (χ1v) is 9.42. The molecule has 0 atom stereocenters. The summed E-state index contributed by atoms with van der Waals surface area (Å²) in [7, 11) is 4.62. The lowest BCUT2D eigenvalue weighted by Crippen LogP contribution is -2.35. The van der Waals surface area contributed by atoms with Gasteiger partial charge in [0, 0.05) is 32.3 Å². The van der Waals surface area contributed by atoms with Crippen molar-refractivity contribution in [1.29, 1.82) is 0 Å². The highest BCUT2D eigenvalue weighted by atomic mass is 16.5. The van der Waals surface area contributed by atoms with Crippen molar-refractivity contribution in [2.75, 3.05) is 44.6 Å². The molecule has 0 saturated carbocycles. The van der Waals surface area contributed by atoms with Crippen molar-refractivity contribution >= 4 is 17.5 Å². The highest BCUT2D eigenvalue weighted by Crippen LogP contribution is 2.29. The highest BCUT2D eigenvalue weighted by Gasteiger charge is 2.21. The molecule has 2 aromatic rings. The van der Waals surface area contributed by atoms with E-state index in [1.54, 1.807) is 32.4 Å². The van der Waals surface area contributed by atoms with E-state index in [-0.39, 0.29) is 24.6 Å². The maximum absolute atomic E-state index is 12.7. The standard InChI is InChI=1S/C20H26N4O5/c1-27-13-14-10-19(26)24(20(21-14)23-8-4-5-9-23)12-18(25)22-16-7-6-15(28-2)11-17(16)29-3/h6-7,10-11H,4-5,8-9,12-13H2,1-3H3,(H,22,25). The number of anilines is 2. The van der Waals surface area contributed by atoms with Gasteiger partial charge in [-0.2, -0.15) is 0 Å². The SMILES string of the molecule is COCc1cc(=O)n(CC(=O)Nc2ccc(OC)cc2OC)c(N2CCCC2)n1. The van der Waals surface area contributed by atoms with Crippen LogP contribution in [0.2, 0.25) is 0 Å². The summed E-state index contributed by atoms with van der Waals surface area (Å²) in [5, 5.41) is 2.80. The van der Waals surface area contributed by atoms with Gasteiger partial charge in [0.05, 0.1) is 32.2 Å². The third-order valence-corrected chi connectivity index (χ3v) is 4.71. The topological polar surface area (TPSA) is 94.9 Å². The third-order valence-electron chi connectivity index (χ3n) is 4.71. The zero-order chi connectivity index (χ0) is 20.8. The third kappa shape index (κ3) is 4.86. The average Bonchev–Trinajstić information content (AvgIpc) is 3.25. The first-order chi connectivity index (χ1) is 14.0. The Balaban J connectivity index is 1.85. The van der Waals surface area contributed by atoms with Gasteiger partial charge < -0.3 is 24.4 Å². The van der Waals surface area contributed by atoms with Gasteiger partial charge in [0.2, 0.25) is 11.9 Å². The number of hydrogen-bond donors (Lipinski definition) is 1. The predicted molar refractivity (Wildman–Crippen MR) is 109 cm³/mol. The second kappa shape index (κ2) is 9.42. The Morgan fingerprint density at radius 2 is 1.90 bits per heavy atom. The molecule has 1 aliphatic heterocycles. The molecule has 0 aliphatic carbocycles. The van der Waals surface area contributed by atoms with E-state index < -0.39 is 0 Å². The van der Waals surface area contributed by atoms with E-state index in [0.717, 1.165) is 25.9 Å². The van der Waals surface area contributed by atoms with Gasteiger partial charge in [-0.15, -0.1) is 0 Å². The Hall–Kier alpha value is -3.07. The number of hydrogen-bond acceptors (Lipinski definition) is 7. The van der Waals surface area contributed by atoms with Crippen LogP contribution >= 0.6 is 0 Å². The van der Waals surface area contributed by atoms with Crippen molar-refractivity contribution in [1.82, 2.24) is 9.55 Å². The fourth-order valence-electron chi connectivity index (χ4n) is 3.30. The molecule has 1 N–H and O–H groups in total. The summed E-state index contributed by atoms with van der Waals surface area (Å²) >= 11 is 0. The van der Waals surface area contributed by atoms with Crippen molar-refractivity contribution in [2.45, 2.75) is 26.0 Å². The molecule has 156 valence electrons. The minimum absolute atomic E-state index is 0.153. The molecule has 1 amide bonds. The van der Waals surface area contributed by atoms with E-state index in [4.69, 9.17) is 14.2 Å². The molecule has 1 aromatic heterocycles. The summed E-state index contributed by atoms with van der Waals surface area (Å²) in [6.07, 6.45) is 2.05. The molecule has 2 heterocycles. The van der Waals surface area contributed by atoms with Crippen LogP contribution in [0.15, 0.2) is 29.1 Å². The highest BCUT2D eigenvalue weighted by molar-refractivity contribution is 5.92. The summed E-state index contributed by atoms with van der Waals surface area (Å²) in [5.41, 5.74) is 0.761. The molecular formula is C20H26N4O5. The van der Waals surface area contributed by atoms with Crippen molar-refractivity contribution < 1.29 is 19.0 Å². The van der Waals surface area contributed by atoms with Gasteiger partial charge in [0.15, 0.2) is 0 Å². The second-order valence-electron chi connectivity index (χ2n) is 6.71. The van der Waals surface area contributed by atoms with E-state index in [1.165, 1.54) is 17.7 Å². The number of carbonyl (C=O) groups is 1. The molecule has 1 aliphatic rings. The first-order valence-electron chi connectivity index (χ1n) is 9.42. The lowest BCUT2D eigenvalue weighted by molar-refractivity contribution is -0.116. The van der Waals surface area contributed by atoms with E-state index in [2.05, 4.69) is 10.3 Å². The van der Waals surface area contributed by atoms with Gasteiger partial charge in [-0.25, -0.2) is 4.98 Å². The minimum atomic E-state index is -0.350. The number of ether oxygens (including phenoxy) is 3. The summed E-state index contributed by atoms with van der Waals surface area (Å²) < 4.78 is 17.0. The molecule has 1 aromatic carbocycles. The molecule has 9 heteroatoms. The van der Waals surface area contributed by atoms with Crippen LogP contribution in [0, 0.1) is 0 Å². The van der Waals surface area contributed by atoms with Crippen LogP contribution < -0.4 is 25.2 Å². The monoisotopic (exact) mass is 402 g/mol. The van der Waals surface area contributed by atoms with Crippen molar-refractivity contribution in [3.8, 4) is 11.5 Å².